The molecular weight excluding hydrogens is 301 g/mol. The first-order chi connectivity index (χ1) is 9.30. The Balaban J connectivity index is 2.23. The summed E-state index contributed by atoms with van der Waals surface area (Å²) in [6, 6.07) is 4.76. The molecule has 20 heavy (non-hydrogen) atoms. The molecule has 2 rings (SSSR count). The van der Waals surface area contributed by atoms with E-state index in [1.165, 1.54) is 0 Å². The van der Waals surface area contributed by atoms with E-state index in [1.807, 2.05) is 13.8 Å². The van der Waals surface area contributed by atoms with Gasteiger partial charge in [-0.25, -0.2) is 0 Å². The Labute approximate surface area is 128 Å². The fourth-order valence-corrected chi connectivity index (χ4v) is 2.93. The van der Waals surface area contributed by atoms with Crippen molar-refractivity contribution < 1.29 is 14.6 Å². The second-order valence-electron chi connectivity index (χ2n) is 5.53. The molecule has 0 radical (unpaired) electrons. The quantitative estimate of drug-likeness (QED) is 0.912. The van der Waals surface area contributed by atoms with Crippen LogP contribution in [0.5, 0.6) is 0 Å². The van der Waals surface area contributed by atoms with Crippen LogP contribution in [0.3, 0.4) is 0 Å². The van der Waals surface area contributed by atoms with Crippen molar-refractivity contribution in [2.24, 2.45) is 0 Å². The highest BCUT2D eigenvalue weighted by atomic mass is 35.5. The predicted molar refractivity (Wildman–Crippen MR) is 78.4 cm³/mol. The van der Waals surface area contributed by atoms with E-state index < -0.39 is 5.60 Å². The lowest BCUT2D eigenvalue weighted by molar-refractivity contribution is -0.139. The number of aliphatic hydroxyl groups excluding tert-OH is 1. The number of nitrogens with zero attached hydrogens (tertiary/aromatic N) is 1. The summed E-state index contributed by atoms with van der Waals surface area (Å²) in [6.07, 6.45) is -0.377. The molecule has 0 aromatic heterocycles. The van der Waals surface area contributed by atoms with Gasteiger partial charge in [-0.15, -0.1) is 0 Å². The number of rotatable bonds is 2. The van der Waals surface area contributed by atoms with Gasteiger partial charge in [-0.05, 0) is 32.0 Å². The van der Waals surface area contributed by atoms with Crippen molar-refractivity contribution in [3.8, 4) is 0 Å². The number of carbonyl (C=O) groups excluding carboxylic acids is 1. The van der Waals surface area contributed by atoms with Crippen LogP contribution in [0, 0.1) is 0 Å². The van der Waals surface area contributed by atoms with Gasteiger partial charge in [0.1, 0.15) is 0 Å². The molecule has 1 saturated heterocycles. The van der Waals surface area contributed by atoms with Crippen LogP contribution in [0.4, 0.5) is 0 Å². The van der Waals surface area contributed by atoms with Crippen LogP contribution in [0.2, 0.25) is 10.0 Å². The van der Waals surface area contributed by atoms with Crippen molar-refractivity contribution in [1.82, 2.24) is 4.90 Å². The Bertz CT molecular complexity index is 499. The summed E-state index contributed by atoms with van der Waals surface area (Å²) in [5.74, 6) is -0.163. The van der Waals surface area contributed by atoms with Gasteiger partial charge in [0.25, 0.3) is 5.91 Å². The zero-order valence-electron chi connectivity index (χ0n) is 11.4. The normalized spacial score (nSPS) is 21.9. The minimum atomic E-state index is -0.496. The summed E-state index contributed by atoms with van der Waals surface area (Å²) < 4.78 is 5.69. The molecule has 1 fully saturated rings. The van der Waals surface area contributed by atoms with Gasteiger partial charge in [-0.2, -0.15) is 0 Å². The minimum absolute atomic E-state index is 0.122. The van der Waals surface area contributed by atoms with E-state index in [0.29, 0.717) is 28.7 Å². The van der Waals surface area contributed by atoms with E-state index >= 15 is 0 Å². The molecule has 1 N–H and O–H groups in total. The van der Waals surface area contributed by atoms with Crippen LogP contribution in [-0.2, 0) is 4.74 Å². The molecular formula is C14H17Cl2NO3. The summed E-state index contributed by atoms with van der Waals surface area (Å²) in [5, 5.41) is 10.1. The highest BCUT2D eigenvalue weighted by molar-refractivity contribution is 6.35. The highest BCUT2D eigenvalue weighted by Gasteiger charge is 2.35. The first-order valence-corrected chi connectivity index (χ1v) is 7.10. The zero-order chi connectivity index (χ0) is 14.9. The summed E-state index contributed by atoms with van der Waals surface area (Å²) in [5.41, 5.74) is -0.0548. The number of hydrogen-bond acceptors (Lipinski definition) is 3. The Morgan fingerprint density at radius 3 is 2.55 bits per heavy atom. The fraction of sp³-hybridized carbons (Fsp3) is 0.500. The Morgan fingerprint density at radius 1 is 1.40 bits per heavy atom. The van der Waals surface area contributed by atoms with Gasteiger partial charge in [0.2, 0.25) is 0 Å². The van der Waals surface area contributed by atoms with E-state index in [9.17, 15) is 9.90 Å². The third-order valence-corrected chi connectivity index (χ3v) is 3.52. The van der Waals surface area contributed by atoms with Gasteiger partial charge in [0, 0.05) is 28.7 Å². The van der Waals surface area contributed by atoms with Gasteiger partial charge in [0.05, 0.1) is 18.3 Å². The number of carbonyl (C=O) groups is 1. The molecule has 1 atom stereocenters. The molecule has 6 heteroatoms. The second kappa shape index (κ2) is 5.90. The topological polar surface area (TPSA) is 49.8 Å². The summed E-state index contributed by atoms with van der Waals surface area (Å²) >= 11 is 11.9. The van der Waals surface area contributed by atoms with Crippen molar-refractivity contribution in [3.05, 3.63) is 33.8 Å². The molecule has 1 aromatic carbocycles. The predicted octanol–water partition coefficient (Wildman–Crippen LogP) is 2.61. The molecule has 1 aliphatic heterocycles. The van der Waals surface area contributed by atoms with Gasteiger partial charge in [-0.3, -0.25) is 4.79 Å². The molecule has 1 amide bonds. The second-order valence-corrected chi connectivity index (χ2v) is 6.40. The highest BCUT2D eigenvalue weighted by Crippen LogP contribution is 2.25. The van der Waals surface area contributed by atoms with E-state index in [1.54, 1.807) is 23.1 Å². The third kappa shape index (κ3) is 3.64. The van der Waals surface area contributed by atoms with Gasteiger partial charge in [0.15, 0.2) is 0 Å². The first kappa shape index (κ1) is 15.6. The minimum Gasteiger partial charge on any atom is -0.394 e. The van der Waals surface area contributed by atoms with Crippen molar-refractivity contribution in [3.63, 3.8) is 0 Å². The molecule has 1 unspecified atom stereocenters. The number of halogens is 2. The Hall–Kier alpha value is -0.810. The Morgan fingerprint density at radius 2 is 2.00 bits per heavy atom. The van der Waals surface area contributed by atoms with E-state index in [0.717, 1.165) is 0 Å². The van der Waals surface area contributed by atoms with Crippen LogP contribution in [0.15, 0.2) is 18.2 Å². The van der Waals surface area contributed by atoms with Gasteiger partial charge >= 0.3 is 0 Å². The number of hydrogen-bond donors (Lipinski definition) is 1. The summed E-state index contributed by atoms with van der Waals surface area (Å²) in [4.78, 5) is 14.2. The van der Waals surface area contributed by atoms with Gasteiger partial charge < -0.3 is 14.7 Å². The van der Waals surface area contributed by atoms with Crippen molar-refractivity contribution in [1.29, 1.82) is 0 Å². The molecule has 1 aromatic rings. The standard InChI is InChI=1S/C14H17Cl2NO3/c1-14(2)8-17(6-12(7-18)20-14)13(19)9-3-10(15)5-11(16)4-9/h3-5,12,18H,6-8H2,1-2H3. The maximum atomic E-state index is 12.5. The first-order valence-electron chi connectivity index (χ1n) is 6.35. The zero-order valence-corrected chi connectivity index (χ0v) is 12.9. The molecule has 110 valence electrons. The smallest absolute Gasteiger partial charge is 0.254 e. The van der Waals surface area contributed by atoms with Crippen LogP contribution in [0.25, 0.3) is 0 Å². The number of ether oxygens (including phenoxy) is 1. The van der Waals surface area contributed by atoms with Crippen LogP contribution in [0.1, 0.15) is 24.2 Å². The Kier molecular flexibility index (Phi) is 4.59. The monoisotopic (exact) mass is 317 g/mol. The van der Waals surface area contributed by atoms with E-state index in [4.69, 9.17) is 27.9 Å². The molecule has 0 bridgehead atoms. The lowest BCUT2D eigenvalue weighted by Gasteiger charge is -2.42. The molecule has 0 spiro atoms. The van der Waals surface area contributed by atoms with Gasteiger partial charge in [-0.1, -0.05) is 23.2 Å². The number of morpholine rings is 1. The third-order valence-electron chi connectivity index (χ3n) is 3.08. The number of amides is 1. The van der Waals surface area contributed by atoms with E-state index in [2.05, 4.69) is 0 Å². The lowest BCUT2D eigenvalue weighted by Crippen LogP contribution is -2.55. The molecule has 1 heterocycles. The maximum absolute atomic E-state index is 12.5. The van der Waals surface area contributed by atoms with Crippen LogP contribution in [-0.4, -0.2) is 47.3 Å². The molecule has 4 nitrogen and oxygen atoms in total. The fourth-order valence-electron chi connectivity index (χ4n) is 2.41. The number of aliphatic hydroxyl groups is 1. The van der Waals surface area contributed by atoms with Crippen LogP contribution < -0.4 is 0 Å². The average Bonchev–Trinajstić information content (AvgIpc) is 2.34. The lowest BCUT2D eigenvalue weighted by atomic mass is 10.0. The number of benzene rings is 1. The summed E-state index contributed by atoms with van der Waals surface area (Å²) in [6.45, 7) is 4.46. The SMILES string of the molecule is CC1(C)CN(C(=O)c2cc(Cl)cc(Cl)c2)CC(CO)O1. The van der Waals surface area contributed by atoms with Crippen molar-refractivity contribution >= 4 is 29.1 Å². The molecule has 0 aliphatic carbocycles. The molecule has 0 saturated carbocycles. The maximum Gasteiger partial charge on any atom is 0.254 e. The van der Waals surface area contributed by atoms with Crippen molar-refractivity contribution in [2.45, 2.75) is 25.6 Å². The average molecular weight is 318 g/mol. The summed E-state index contributed by atoms with van der Waals surface area (Å²) in [7, 11) is 0. The van der Waals surface area contributed by atoms with Crippen LogP contribution >= 0.6 is 23.2 Å². The largest absolute Gasteiger partial charge is 0.394 e. The molecule has 1 aliphatic rings. The van der Waals surface area contributed by atoms with Crippen molar-refractivity contribution in [2.75, 3.05) is 19.7 Å². The van der Waals surface area contributed by atoms with E-state index in [-0.39, 0.29) is 18.6 Å².